The molecule has 3 heterocycles. The Kier molecular flexibility index (Phi) is 4.48. The van der Waals surface area contributed by atoms with E-state index in [2.05, 4.69) is 10.1 Å². The third-order valence-corrected chi connectivity index (χ3v) is 4.82. The molecule has 2 aromatic heterocycles. The van der Waals surface area contributed by atoms with E-state index >= 15 is 0 Å². The highest BCUT2D eigenvalue weighted by atomic mass is 32.2. The number of nitrogen functional groups attached to an aromatic ring is 1. The summed E-state index contributed by atoms with van der Waals surface area (Å²) in [6.45, 7) is 1.19. The van der Waals surface area contributed by atoms with E-state index in [1.54, 1.807) is 33.8 Å². The van der Waals surface area contributed by atoms with Crippen molar-refractivity contribution < 1.29 is 18.3 Å². The van der Waals surface area contributed by atoms with Crippen LogP contribution in [0.2, 0.25) is 0 Å². The number of aromatic nitrogens is 3. The lowest BCUT2D eigenvalue weighted by Gasteiger charge is -2.27. The van der Waals surface area contributed by atoms with E-state index in [9.17, 15) is 18.3 Å². The molecule has 1 amide bonds. The van der Waals surface area contributed by atoms with Crippen LogP contribution in [0.1, 0.15) is 28.0 Å². The number of fused-ring (bicyclic) bond motifs is 1. The molecule has 10 heteroatoms. The predicted molar refractivity (Wildman–Crippen MR) is 90.3 cm³/mol. The Balaban J connectivity index is 1.76. The van der Waals surface area contributed by atoms with Gasteiger partial charge in [-0.05, 0) is 18.2 Å². The average molecular weight is 365 g/mol. The second kappa shape index (κ2) is 6.45. The monoisotopic (exact) mass is 365 g/mol. The Bertz CT molecular complexity index is 908. The first-order chi connectivity index (χ1) is 11.7. The normalized spacial score (nSPS) is 15.7. The number of carbonyl (C=O) groups is 1. The van der Waals surface area contributed by atoms with Crippen molar-refractivity contribution in [2.24, 2.45) is 0 Å². The van der Waals surface area contributed by atoms with Crippen LogP contribution in [0, 0.1) is 0 Å². The molecular formula is C15H19N5O4S. The zero-order chi connectivity index (χ0) is 18.2. The zero-order valence-corrected chi connectivity index (χ0v) is 14.5. The van der Waals surface area contributed by atoms with Crippen molar-refractivity contribution >= 4 is 21.6 Å². The molecule has 3 rings (SSSR count). The van der Waals surface area contributed by atoms with Gasteiger partial charge >= 0.3 is 0 Å². The number of anilines is 1. The van der Waals surface area contributed by atoms with Crippen molar-refractivity contribution in [3.05, 3.63) is 41.3 Å². The fourth-order valence-electron chi connectivity index (χ4n) is 2.73. The first kappa shape index (κ1) is 17.4. The number of aliphatic hydroxyl groups excluding tert-OH is 1. The fraction of sp³-hybridized carbons (Fsp3) is 0.400. The van der Waals surface area contributed by atoms with Crippen LogP contribution in [0.15, 0.2) is 24.3 Å². The van der Waals surface area contributed by atoms with Crippen LogP contribution in [0.25, 0.3) is 0 Å². The molecule has 0 aliphatic carbocycles. The zero-order valence-electron chi connectivity index (χ0n) is 13.7. The maximum Gasteiger partial charge on any atom is 0.272 e. The van der Waals surface area contributed by atoms with Gasteiger partial charge in [-0.1, -0.05) is 6.07 Å². The number of nitrogens with zero attached hydrogens (tertiary/aromatic N) is 4. The van der Waals surface area contributed by atoms with Crippen LogP contribution in [0.5, 0.6) is 0 Å². The number of hydrogen-bond donors (Lipinski definition) is 2. The molecule has 0 radical (unpaired) electrons. The lowest BCUT2D eigenvalue weighted by molar-refractivity contribution is 0.0700. The third-order valence-electron chi connectivity index (χ3n) is 3.90. The lowest BCUT2D eigenvalue weighted by atomic mass is 10.2. The molecule has 1 aliphatic heterocycles. The van der Waals surface area contributed by atoms with Crippen molar-refractivity contribution in [3.8, 4) is 0 Å². The van der Waals surface area contributed by atoms with Crippen LogP contribution < -0.4 is 5.73 Å². The number of amides is 1. The lowest BCUT2D eigenvalue weighted by Crippen LogP contribution is -2.38. The summed E-state index contributed by atoms with van der Waals surface area (Å²) in [5.41, 5.74) is 6.90. The smallest absolute Gasteiger partial charge is 0.272 e. The summed E-state index contributed by atoms with van der Waals surface area (Å²) >= 11 is 0. The van der Waals surface area contributed by atoms with E-state index in [1.165, 1.54) is 0 Å². The molecule has 25 heavy (non-hydrogen) atoms. The number of pyridine rings is 1. The molecule has 0 saturated carbocycles. The van der Waals surface area contributed by atoms with Gasteiger partial charge in [0.2, 0.25) is 0 Å². The minimum absolute atomic E-state index is 0.238. The predicted octanol–water partition coefficient (Wildman–Crippen LogP) is -0.406. The molecule has 1 atom stereocenters. The summed E-state index contributed by atoms with van der Waals surface area (Å²) in [5, 5.41) is 14.3. The van der Waals surface area contributed by atoms with Gasteiger partial charge in [-0.15, -0.1) is 0 Å². The van der Waals surface area contributed by atoms with Crippen LogP contribution in [-0.4, -0.2) is 57.6 Å². The Labute approximate surface area is 145 Å². The standard InChI is InChI=1S/C15H19N5O4S/c1-25(23,24)9-13(21)12-7-10-8-19(5-6-20(10)18-12)15(22)11-3-2-4-14(16)17-11/h2-4,7,13,21H,5-6,8-9H2,1H3,(H2,16,17)/t13-/m1/s1. The highest BCUT2D eigenvalue weighted by Crippen LogP contribution is 2.20. The number of rotatable bonds is 4. The molecule has 3 N–H and O–H groups in total. The van der Waals surface area contributed by atoms with Crippen LogP contribution in [0.4, 0.5) is 5.82 Å². The molecule has 0 saturated heterocycles. The molecular weight excluding hydrogens is 346 g/mol. The minimum atomic E-state index is -3.32. The number of carbonyl (C=O) groups excluding carboxylic acids is 1. The van der Waals surface area contributed by atoms with Gasteiger partial charge in [0.15, 0.2) is 0 Å². The van der Waals surface area contributed by atoms with E-state index in [0.29, 0.717) is 19.6 Å². The molecule has 0 aromatic carbocycles. The van der Waals surface area contributed by atoms with Gasteiger partial charge < -0.3 is 15.7 Å². The van der Waals surface area contributed by atoms with Crippen LogP contribution >= 0.6 is 0 Å². The van der Waals surface area contributed by atoms with Gasteiger partial charge in [-0.2, -0.15) is 5.10 Å². The number of aliphatic hydroxyl groups is 1. The highest BCUT2D eigenvalue weighted by molar-refractivity contribution is 7.90. The third kappa shape index (κ3) is 3.97. The largest absolute Gasteiger partial charge is 0.386 e. The summed E-state index contributed by atoms with van der Waals surface area (Å²) in [6.07, 6.45) is -0.126. The van der Waals surface area contributed by atoms with E-state index in [0.717, 1.165) is 11.9 Å². The summed E-state index contributed by atoms with van der Waals surface area (Å²) in [6, 6.07) is 6.51. The molecule has 134 valence electrons. The van der Waals surface area contributed by atoms with Crippen molar-refractivity contribution in [3.63, 3.8) is 0 Å². The average Bonchev–Trinajstić information content (AvgIpc) is 2.96. The first-order valence-electron chi connectivity index (χ1n) is 7.67. The van der Waals surface area contributed by atoms with Crippen molar-refractivity contribution in [1.29, 1.82) is 0 Å². The van der Waals surface area contributed by atoms with Gasteiger partial charge in [0.25, 0.3) is 5.91 Å². The summed E-state index contributed by atoms with van der Waals surface area (Å²) in [4.78, 5) is 18.2. The molecule has 0 fully saturated rings. The Morgan fingerprint density at radius 2 is 2.16 bits per heavy atom. The van der Waals surface area contributed by atoms with E-state index in [1.807, 2.05) is 0 Å². The van der Waals surface area contributed by atoms with E-state index < -0.39 is 15.9 Å². The molecule has 0 unspecified atom stereocenters. The fourth-order valence-corrected chi connectivity index (χ4v) is 3.47. The first-order valence-corrected chi connectivity index (χ1v) is 9.73. The van der Waals surface area contributed by atoms with Gasteiger partial charge in [-0.25, -0.2) is 13.4 Å². The summed E-state index contributed by atoms with van der Waals surface area (Å²) in [5.74, 6) is -0.351. The topological polar surface area (TPSA) is 131 Å². The van der Waals surface area contributed by atoms with Crippen LogP contribution in [0.3, 0.4) is 0 Å². The quantitative estimate of drug-likeness (QED) is 0.753. The summed E-state index contributed by atoms with van der Waals surface area (Å²) < 4.78 is 24.3. The van der Waals surface area contributed by atoms with Gasteiger partial charge in [0.1, 0.15) is 27.5 Å². The molecule has 1 aliphatic rings. The number of nitrogens with two attached hydrogens (primary N) is 1. The Morgan fingerprint density at radius 1 is 1.40 bits per heavy atom. The minimum Gasteiger partial charge on any atom is -0.386 e. The molecule has 0 bridgehead atoms. The second-order valence-corrected chi connectivity index (χ2v) is 8.25. The summed E-state index contributed by atoms with van der Waals surface area (Å²) in [7, 11) is -3.32. The van der Waals surface area contributed by atoms with Crippen molar-refractivity contribution in [2.45, 2.75) is 19.2 Å². The van der Waals surface area contributed by atoms with Crippen molar-refractivity contribution in [2.75, 3.05) is 24.3 Å². The van der Waals surface area contributed by atoms with Gasteiger partial charge in [0, 0.05) is 12.8 Å². The SMILES string of the molecule is CS(=O)(=O)C[C@@H](O)c1cc2n(n1)CCN(C(=O)c1cccc(N)n1)C2. The second-order valence-electron chi connectivity index (χ2n) is 6.07. The highest BCUT2D eigenvalue weighted by Gasteiger charge is 2.26. The number of hydrogen-bond acceptors (Lipinski definition) is 7. The van der Waals surface area contributed by atoms with E-state index in [-0.39, 0.29) is 28.9 Å². The maximum atomic E-state index is 12.5. The Morgan fingerprint density at radius 3 is 2.84 bits per heavy atom. The maximum absolute atomic E-state index is 12.5. The van der Waals surface area contributed by atoms with E-state index in [4.69, 9.17) is 5.73 Å². The van der Waals surface area contributed by atoms with Gasteiger partial charge in [-0.3, -0.25) is 9.48 Å². The Hall–Kier alpha value is -2.46. The van der Waals surface area contributed by atoms with Gasteiger partial charge in [0.05, 0.1) is 30.2 Å². The molecule has 9 nitrogen and oxygen atoms in total. The molecule has 0 spiro atoms. The number of sulfone groups is 1. The van der Waals surface area contributed by atoms with Crippen LogP contribution in [-0.2, 0) is 22.9 Å². The molecule has 2 aromatic rings. The van der Waals surface area contributed by atoms with Crippen molar-refractivity contribution in [1.82, 2.24) is 19.7 Å².